The molecule has 278 valence electrons. The van der Waals surface area contributed by atoms with Crippen molar-refractivity contribution in [3.05, 3.63) is 70.8 Å². The maximum absolute atomic E-state index is 12.6. The van der Waals surface area contributed by atoms with Crippen molar-refractivity contribution >= 4 is 53.3 Å². The van der Waals surface area contributed by atoms with Crippen molar-refractivity contribution in [1.29, 1.82) is 0 Å². The van der Waals surface area contributed by atoms with Gasteiger partial charge in [0.25, 0.3) is 23.6 Å². The van der Waals surface area contributed by atoms with E-state index in [1.807, 2.05) is 13.0 Å². The quantitative estimate of drug-likeness (QED) is 0.0930. The normalized spacial score (nSPS) is 12.1. The summed E-state index contributed by atoms with van der Waals surface area (Å²) < 4.78 is 0. The van der Waals surface area contributed by atoms with E-state index in [0.29, 0.717) is 30.0 Å². The summed E-state index contributed by atoms with van der Waals surface area (Å²) >= 11 is 0. The SMILES string of the molecule is Cc1cccc(C(=O)NCCCCN(CC(=O)O)C(=O)CCNC(=O)CCNC(=O)CCNC(=O)c2cccc(C(=O)ON3C(=O)CCC3=O)c2)c1. The number of hydrogen-bond acceptors (Lipinski definition) is 10. The van der Waals surface area contributed by atoms with Crippen molar-refractivity contribution in [3.63, 3.8) is 0 Å². The zero-order chi connectivity index (χ0) is 38.0. The van der Waals surface area contributed by atoms with E-state index in [4.69, 9.17) is 4.84 Å². The Bertz CT molecular complexity index is 1660. The molecule has 0 spiro atoms. The first-order valence-corrected chi connectivity index (χ1v) is 16.7. The Labute approximate surface area is 299 Å². The highest BCUT2D eigenvalue weighted by atomic mass is 16.7. The number of aryl methyl sites for hydroxylation is 1. The van der Waals surface area contributed by atoms with Gasteiger partial charge in [-0.3, -0.25) is 38.4 Å². The van der Waals surface area contributed by atoms with Gasteiger partial charge in [-0.25, -0.2) is 4.79 Å². The zero-order valence-electron chi connectivity index (χ0n) is 28.7. The van der Waals surface area contributed by atoms with E-state index < -0.39 is 53.9 Å². The van der Waals surface area contributed by atoms with Crippen molar-refractivity contribution in [1.82, 2.24) is 31.2 Å². The Morgan fingerprint density at radius 3 is 1.87 bits per heavy atom. The van der Waals surface area contributed by atoms with Gasteiger partial charge in [-0.05, 0) is 50.1 Å². The highest BCUT2D eigenvalue weighted by molar-refractivity contribution is 6.03. The molecule has 1 fully saturated rings. The molecule has 1 aliphatic rings. The molecule has 0 radical (unpaired) electrons. The van der Waals surface area contributed by atoms with E-state index in [2.05, 4.69) is 21.3 Å². The maximum atomic E-state index is 12.6. The monoisotopic (exact) mass is 722 g/mol. The van der Waals surface area contributed by atoms with Crippen LogP contribution in [-0.2, 0) is 33.6 Å². The number of amides is 7. The molecule has 0 aliphatic carbocycles. The van der Waals surface area contributed by atoms with Crippen LogP contribution >= 0.6 is 0 Å². The third-order valence-electron chi connectivity index (χ3n) is 7.61. The van der Waals surface area contributed by atoms with Crippen molar-refractivity contribution in [2.24, 2.45) is 0 Å². The van der Waals surface area contributed by atoms with E-state index in [1.54, 1.807) is 18.2 Å². The van der Waals surface area contributed by atoms with Gasteiger partial charge in [0.2, 0.25) is 17.7 Å². The fraction of sp³-hybridized carbons (Fsp3) is 0.400. The average molecular weight is 723 g/mol. The molecular formula is C35H42N6O11. The summed E-state index contributed by atoms with van der Waals surface area (Å²) in [6, 6.07) is 12.6. The minimum atomic E-state index is -1.18. The first kappa shape index (κ1) is 40.3. The van der Waals surface area contributed by atoms with Crippen molar-refractivity contribution < 1.29 is 53.1 Å². The lowest BCUT2D eigenvalue weighted by atomic mass is 10.1. The van der Waals surface area contributed by atoms with Crippen molar-refractivity contribution in [2.45, 2.75) is 51.9 Å². The van der Waals surface area contributed by atoms with E-state index in [1.165, 1.54) is 29.2 Å². The number of aliphatic carboxylic acids is 1. The number of rotatable bonds is 20. The Morgan fingerprint density at radius 1 is 0.712 bits per heavy atom. The number of benzene rings is 2. The van der Waals surface area contributed by atoms with Crippen LogP contribution in [0.5, 0.6) is 0 Å². The average Bonchev–Trinajstić information content (AvgIpc) is 3.42. The topological polar surface area (TPSA) is 238 Å². The summed E-state index contributed by atoms with van der Waals surface area (Å²) in [4.78, 5) is 115. The number of carbonyl (C=O) groups excluding carboxylic acids is 8. The van der Waals surface area contributed by atoms with Crippen LogP contribution in [0.15, 0.2) is 48.5 Å². The third kappa shape index (κ3) is 13.6. The molecule has 0 unspecified atom stereocenters. The number of unbranched alkanes of at least 4 members (excludes halogenated alkanes) is 1. The molecule has 0 aromatic heterocycles. The summed E-state index contributed by atoms with van der Waals surface area (Å²) in [5, 5.41) is 20.1. The summed E-state index contributed by atoms with van der Waals surface area (Å²) in [6.07, 6.45) is 0.541. The molecular weight excluding hydrogens is 680 g/mol. The standard InChI is InChI=1S/C35H42N6O11/c1-23-6-4-7-24(20-23)33(49)38-15-2-3-19-40(22-32(47)48)29(44)14-18-37-27(42)12-16-36-28(43)13-17-39-34(50)25-8-5-9-26(21-25)35(51)52-41-30(45)10-11-31(41)46/h4-9,20-21H,2-3,10-19,22H2,1H3,(H,36,43)(H,37,42)(H,38,49)(H,39,50)(H,47,48). The molecule has 17 heteroatoms. The van der Waals surface area contributed by atoms with Crippen molar-refractivity contribution in [2.75, 3.05) is 39.3 Å². The van der Waals surface area contributed by atoms with Crippen LogP contribution < -0.4 is 21.3 Å². The van der Waals surface area contributed by atoms with Gasteiger partial charge in [-0.2, -0.15) is 0 Å². The number of nitrogens with one attached hydrogen (secondary N) is 4. The highest BCUT2D eigenvalue weighted by Gasteiger charge is 2.33. The molecule has 3 rings (SSSR count). The number of carbonyl (C=O) groups is 9. The van der Waals surface area contributed by atoms with E-state index >= 15 is 0 Å². The number of carboxylic acid groups (broad SMARTS) is 1. The van der Waals surface area contributed by atoms with Crippen LogP contribution in [0.3, 0.4) is 0 Å². The predicted molar refractivity (Wildman–Crippen MR) is 182 cm³/mol. The second-order valence-corrected chi connectivity index (χ2v) is 11.8. The Morgan fingerprint density at radius 2 is 1.25 bits per heavy atom. The van der Waals surface area contributed by atoms with Crippen LogP contribution in [0.25, 0.3) is 0 Å². The van der Waals surface area contributed by atoms with Gasteiger partial charge >= 0.3 is 11.9 Å². The minimum Gasteiger partial charge on any atom is -0.480 e. The van der Waals surface area contributed by atoms with E-state index in [9.17, 15) is 48.3 Å². The smallest absolute Gasteiger partial charge is 0.363 e. The van der Waals surface area contributed by atoms with Gasteiger partial charge < -0.3 is 36.1 Å². The van der Waals surface area contributed by atoms with Gasteiger partial charge in [-0.15, -0.1) is 5.06 Å². The predicted octanol–water partition coefficient (Wildman–Crippen LogP) is 0.472. The number of carboxylic acids is 1. The van der Waals surface area contributed by atoms with Crippen LogP contribution in [0.4, 0.5) is 0 Å². The molecule has 0 saturated carbocycles. The van der Waals surface area contributed by atoms with Gasteiger partial charge in [0.15, 0.2) is 0 Å². The maximum Gasteiger partial charge on any atom is 0.363 e. The summed E-state index contributed by atoms with van der Waals surface area (Å²) in [5.41, 5.74) is 1.51. The van der Waals surface area contributed by atoms with Crippen molar-refractivity contribution in [3.8, 4) is 0 Å². The Hall–Kier alpha value is -6.13. The minimum absolute atomic E-state index is 0.00963. The summed E-state index contributed by atoms with van der Waals surface area (Å²) in [7, 11) is 0. The summed E-state index contributed by atoms with van der Waals surface area (Å²) in [5.74, 6) is -5.58. The number of hydrogen-bond donors (Lipinski definition) is 5. The number of hydroxylamine groups is 2. The van der Waals surface area contributed by atoms with Gasteiger partial charge in [0.05, 0.1) is 5.56 Å². The lowest BCUT2D eigenvalue weighted by Crippen LogP contribution is -2.39. The lowest BCUT2D eigenvalue weighted by Gasteiger charge is -2.21. The van der Waals surface area contributed by atoms with Crippen LogP contribution in [0, 0.1) is 6.92 Å². The Kier molecular flexibility index (Phi) is 15.9. The zero-order valence-corrected chi connectivity index (χ0v) is 28.7. The fourth-order valence-corrected chi connectivity index (χ4v) is 4.90. The molecule has 1 aliphatic heterocycles. The highest BCUT2D eigenvalue weighted by Crippen LogP contribution is 2.15. The van der Waals surface area contributed by atoms with Gasteiger partial charge in [0, 0.05) is 76.0 Å². The first-order chi connectivity index (χ1) is 24.8. The second kappa shape index (κ2) is 20.5. The van der Waals surface area contributed by atoms with Crippen LogP contribution in [-0.4, -0.2) is 108 Å². The molecule has 17 nitrogen and oxygen atoms in total. The fourth-order valence-electron chi connectivity index (χ4n) is 4.90. The summed E-state index contributed by atoms with van der Waals surface area (Å²) in [6.45, 7) is 1.80. The number of nitrogens with zero attached hydrogens (tertiary/aromatic N) is 2. The molecule has 2 aromatic carbocycles. The Balaban J connectivity index is 1.27. The molecule has 2 aromatic rings. The molecule has 0 bridgehead atoms. The van der Waals surface area contributed by atoms with E-state index in [0.717, 1.165) is 5.56 Å². The largest absolute Gasteiger partial charge is 0.480 e. The molecule has 7 amide bonds. The number of imide groups is 1. The second-order valence-electron chi connectivity index (χ2n) is 11.8. The molecule has 0 atom stereocenters. The van der Waals surface area contributed by atoms with Gasteiger partial charge in [-0.1, -0.05) is 23.8 Å². The van der Waals surface area contributed by atoms with Crippen LogP contribution in [0.1, 0.15) is 81.6 Å². The lowest BCUT2D eigenvalue weighted by molar-refractivity contribution is -0.172. The molecule has 52 heavy (non-hydrogen) atoms. The molecule has 1 heterocycles. The van der Waals surface area contributed by atoms with E-state index in [-0.39, 0.29) is 75.3 Å². The van der Waals surface area contributed by atoms with Gasteiger partial charge in [0.1, 0.15) is 6.54 Å². The first-order valence-electron chi connectivity index (χ1n) is 16.7. The third-order valence-corrected chi connectivity index (χ3v) is 7.61. The molecule has 5 N–H and O–H groups in total. The van der Waals surface area contributed by atoms with Crippen LogP contribution in [0.2, 0.25) is 0 Å². The molecule has 1 saturated heterocycles.